The van der Waals surface area contributed by atoms with E-state index in [1.165, 1.54) is 24.5 Å². The van der Waals surface area contributed by atoms with Crippen LogP contribution in [0.5, 0.6) is 0 Å². The van der Waals surface area contributed by atoms with Gasteiger partial charge in [0.2, 0.25) is 0 Å². The fourth-order valence-electron chi connectivity index (χ4n) is 2.93. The van der Waals surface area contributed by atoms with Crippen molar-refractivity contribution in [2.24, 2.45) is 0 Å². The van der Waals surface area contributed by atoms with Crippen molar-refractivity contribution in [1.29, 1.82) is 0 Å². The minimum absolute atomic E-state index is 0.0164. The Morgan fingerprint density at radius 2 is 1.93 bits per heavy atom. The number of rotatable bonds is 8. The van der Waals surface area contributed by atoms with E-state index >= 15 is 4.39 Å². The number of carbonyl (C=O) groups is 1. The quantitative estimate of drug-likeness (QED) is 0.252. The van der Waals surface area contributed by atoms with Gasteiger partial charge in [-0.2, -0.15) is 0 Å². The van der Waals surface area contributed by atoms with Crippen LogP contribution in [-0.4, -0.2) is 37.3 Å². The van der Waals surface area contributed by atoms with Crippen molar-refractivity contribution in [1.82, 2.24) is 14.7 Å². The molecule has 10 heteroatoms. The molecule has 0 saturated carbocycles. The minimum Gasteiger partial charge on any atom is -0.760 e. The third kappa shape index (κ3) is 4.84. The van der Waals surface area contributed by atoms with E-state index in [1.54, 1.807) is 12.3 Å². The van der Waals surface area contributed by atoms with Crippen molar-refractivity contribution in [3.8, 4) is 0 Å². The fraction of sp³-hybridized carbons (Fsp3) is 0.211. The van der Waals surface area contributed by atoms with Crippen molar-refractivity contribution >= 4 is 39.8 Å². The lowest BCUT2D eigenvalue weighted by Crippen LogP contribution is -2.18. The topological polar surface area (TPSA) is 95.0 Å². The summed E-state index contributed by atoms with van der Waals surface area (Å²) < 4.78 is 52.9. The van der Waals surface area contributed by atoms with Gasteiger partial charge < -0.3 is 4.55 Å². The number of halogens is 2. The molecule has 29 heavy (non-hydrogen) atoms. The lowest BCUT2D eigenvalue weighted by molar-refractivity contribution is 0.103. The first-order valence-corrected chi connectivity index (χ1v) is 10.9. The SMILES string of the molecule is CSc1c(F)cc(CCCNS(=O)[O-])c(F)c1C(=O)c1ccc2nccnc2c1. The number of hydrogen-bond donors (Lipinski definition) is 1. The first kappa shape index (κ1) is 21.4. The summed E-state index contributed by atoms with van der Waals surface area (Å²) in [6.45, 7) is 0.0775. The van der Waals surface area contributed by atoms with E-state index in [0.29, 0.717) is 11.0 Å². The smallest absolute Gasteiger partial charge is 0.197 e. The summed E-state index contributed by atoms with van der Waals surface area (Å²) in [6, 6.07) is 5.65. The highest BCUT2D eigenvalue weighted by molar-refractivity contribution is 7.98. The predicted molar refractivity (Wildman–Crippen MR) is 106 cm³/mol. The molecule has 0 amide bonds. The molecule has 2 aromatic carbocycles. The number of aromatic nitrogens is 2. The van der Waals surface area contributed by atoms with Gasteiger partial charge in [-0.05, 0) is 48.9 Å². The highest BCUT2D eigenvalue weighted by atomic mass is 32.2. The van der Waals surface area contributed by atoms with Gasteiger partial charge in [0.05, 0.1) is 21.5 Å². The monoisotopic (exact) mass is 436 g/mol. The minimum atomic E-state index is -2.42. The summed E-state index contributed by atoms with van der Waals surface area (Å²) in [4.78, 5) is 21.2. The molecule has 0 spiro atoms. The zero-order valence-electron chi connectivity index (χ0n) is 15.3. The Morgan fingerprint density at radius 1 is 1.21 bits per heavy atom. The van der Waals surface area contributed by atoms with E-state index < -0.39 is 28.7 Å². The molecule has 0 aliphatic rings. The molecule has 0 radical (unpaired) electrons. The van der Waals surface area contributed by atoms with Gasteiger partial charge in [-0.1, -0.05) is 0 Å². The summed E-state index contributed by atoms with van der Waals surface area (Å²) in [5.74, 6) is -2.15. The normalized spacial score (nSPS) is 12.3. The lowest BCUT2D eigenvalue weighted by Gasteiger charge is -2.14. The van der Waals surface area contributed by atoms with Gasteiger partial charge in [0, 0.05) is 35.8 Å². The molecule has 0 aliphatic heterocycles. The van der Waals surface area contributed by atoms with Crippen LogP contribution in [0, 0.1) is 11.6 Å². The maximum atomic E-state index is 15.2. The molecule has 152 valence electrons. The molecule has 0 bridgehead atoms. The first-order chi connectivity index (χ1) is 13.9. The van der Waals surface area contributed by atoms with Crippen LogP contribution < -0.4 is 4.72 Å². The number of nitrogens with one attached hydrogen (secondary N) is 1. The largest absolute Gasteiger partial charge is 0.760 e. The van der Waals surface area contributed by atoms with Gasteiger partial charge in [0.25, 0.3) is 0 Å². The lowest BCUT2D eigenvalue weighted by atomic mass is 9.97. The third-order valence-electron chi connectivity index (χ3n) is 4.25. The molecule has 6 nitrogen and oxygen atoms in total. The third-order valence-corrected chi connectivity index (χ3v) is 5.50. The molecule has 0 aliphatic carbocycles. The Balaban J connectivity index is 1.99. The molecule has 0 saturated heterocycles. The molecule has 1 N–H and O–H groups in total. The van der Waals surface area contributed by atoms with Crippen LogP contribution in [0.4, 0.5) is 8.78 Å². The second kappa shape index (κ2) is 9.49. The van der Waals surface area contributed by atoms with E-state index in [2.05, 4.69) is 14.7 Å². The second-order valence-corrected chi connectivity index (χ2v) is 7.64. The summed E-state index contributed by atoms with van der Waals surface area (Å²) in [5.41, 5.74) is 0.904. The maximum Gasteiger partial charge on any atom is 0.197 e. The van der Waals surface area contributed by atoms with Crippen molar-refractivity contribution in [3.63, 3.8) is 0 Å². The summed E-state index contributed by atoms with van der Waals surface area (Å²) in [6.07, 6.45) is 4.89. The van der Waals surface area contributed by atoms with Gasteiger partial charge in [0.15, 0.2) is 5.78 Å². The van der Waals surface area contributed by atoms with Gasteiger partial charge in [0.1, 0.15) is 11.6 Å². The number of ketones is 1. The molecule has 1 unspecified atom stereocenters. The molecule has 3 rings (SSSR count). The van der Waals surface area contributed by atoms with E-state index in [0.717, 1.165) is 17.8 Å². The number of benzene rings is 2. The fourth-order valence-corrected chi connectivity index (χ4v) is 3.88. The van der Waals surface area contributed by atoms with E-state index in [9.17, 15) is 17.9 Å². The number of carbonyl (C=O) groups excluding carboxylic acids is 1. The maximum absolute atomic E-state index is 15.2. The van der Waals surface area contributed by atoms with Crippen LogP contribution in [0.2, 0.25) is 0 Å². The van der Waals surface area contributed by atoms with Crippen molar-refractivity contribution < 1.29 is 22.3 Å². The average molecular weight is 436 g/mol. The average Bonchev–Trinajstić information content (AvgIpc) is 2.71. The van der Waals surface area contributed by atoms with Crippen molar-refractivity contribution in [2.45, 2.75) is 17.7 Å². The first-order valence-electron chi connectivity index (χ1n) is 8.55. The van der Waals surface area contributed by atoms with Crippen LogP contribution in [0.1, 0.15) is 27.9 Å². The molecule has 1 atom stereocenters. The van der Waals surface area contributed by atoms with Gasteiger partial charge >= 0.3 is 0 Å². The van der Waals surface area contributed by atoms with E-state index in [1.807, 2.05) is 0 Å². The molecule has 0 fully saturated rings. The predicted octanol–water partition coefficient (Wildman–Crippen LogP) is 3.18. The number of aryl methyl sites for hydroxylation is 1. The van der Waals surface area contributed by atoms with Gasteiger partial charge in [-0.25, -0.2) is 13.5 Å². The molecular formula is C19H16F2N3O3S2-. The number of hydrogen-bond acceptors (Lipinski definition) is 6. The van der Waals surface area contributed by atoms with Crippen LogP contribution in [0.15, 0.2) is 41.6 Å². The van der Waals surface area contributed by atoms with Crippen LogP contribution >= 0.6 is 11.8 Å². The Hall–Kier alpha value is -2.27. The Kier molecular flexibility index (Phi) is 7.01. The number of thioether (sulfide) groups is 1. The summed E-state index contributed by atoms with van der Waals surface area (Å²) in [5, 5.41) is 0. The zero-order valence-corrected chi connectivity index (χ0v) is 16.9. The molecule has 3 aromatic rings. The summed E-state index contributed by atoms with van der Waals surface area (Å²) >= 11 is -1.48. The van der Waals surface area contributed by atoms with Crippen LogP contribution in [0.25, 0.3) is 11.0 Å². The molecular weight excluding hydrogens is 420 g/mol. The van der Waals surface area contributed by atoms with Gasteiger partial charge in [-0.15, -0.1) is 11.8 Å². The number of nitrogens with zero attached hydrogens (tertiary/aromatic N) is 2. The Morgan fingerprint density at radius 3 is 2.62 bits per heavy atom. The number of fused-ring (bicyclic) bond motifs is 1. The zero-order chi connectivity index (χ0) is 21.0. The molecule has 1 aromatic heterocycles. The highest BCUT2D eigenvalue weighted by Crippen LogP contribution is 2.31. The van der Waals surface area contributed by atoms with Crippen LogP contribution in [0.3, 0.4) is 0 Å². The Bertz CT molecular complexity index is 1100. The highest BCUT2D eigenvalue weighted by Gasteiger charge is 2.24. The van der Waals surface area contributed by atoms with Crippen molar-refractivity contribution in [2.75, 3.05) is 12.8 Å². The van der Waals surface area contributed by atoms with Gasteiger partial charge in [-0.3, -0.25) is 19.0 Å². The molecule has 1 heterocycles. The van der Waals surface area contributed by atoms with E-state index in [4.69, 9.17) is 0 Å². The summed E-state index contributed by atoms with van der Waals surface area (Å²) in [7, 11) is 0. The van der Waals surface area contributed by atoms with Crippen molar-refractivity contribution in [3.05, 3.63) is 65.0 Å². The standard InChI is InChI=1S/C19H17F2N3O3S2/c1-28-19-13(20)9-11(3-2-6-24-29(26)27)17(21)16(19)18(25)12-4-5-14-15(10-12)23-8-7-22-14/h4-5,7-10,24H,2-3,6H2,1H3,(H,26,27)/p-1. The van der Waals surface area contributed by atoms with Crippen LogP contribution in [-0.2, 0) is 17.7 Å². The van der Waals surface area contributed by atoms with E-state index in [-0.39, 0.29) is 41.0 Å². The Labute approximate surface area is 172 Å². The second-order valence-electron chi connectivity index (χ2n) is 6.06.